The molecule has 5 heteroatoms. The fourth-order valence-electron chi connectivity index (χ4n) is 3.74. The maximum absolute atomic E-state index is 9.86. The third kappa shape index (κ3) is 2.74. The lowest BCUT2D eigenvalue weighted by Gasteiger charge is -2.25. The Morgan fingerprint density at radius 3 is 2.50 bits per heavy atom. The number of aromatic nitrogens is 2. The Bertz CT molecular complexity index is 1160. The number of fused-ring (bicyclic) bond motifs is 1. The Morgan fingerprint density at radius 2 is 1.79 bits per heavy atom. The molecule has 1 atom stereocenters. The molecule has 0 fully saturated rings. The average molecular weight is 370 g/mol. The van der Waals surface area contributed by atoms with Crippen LogP contribution >= 0.6 is 0 Å². The summed E-state index contributed by atoms with van der Waals surface area (Å²) in [5, 5.41) is 17.3. The number of hydrogen-bond donors (Lipinski definition) is 2. The molecule has 0 saturated carbocycles. The van der Waals surface area contributed by atoms with Crippen molar-refractivity contribution in [2.24, 2.45) is 5.73 Å². The summed E-state index contributed by atoms with van der Waals surface area (Å²) < 4.78 is 5.71. The summed E-state index contributed by atoms with van der Waals surface area (Å²) in [7, 11) is 0. The predicted octanol–water partition coefficient (Wildman–Crippen LogP) is 4.53. The number of benzene rings is 2. The second-order valence-corrected chi connectivity index (χ2v) is 7.40. The van der Waals surface area contributed by atoms with Crippen molar-refractivity contribution in [3.63, 3.8) is 0 Å². The van der Waals surface area contributed by atoms with Crippen LogP contribution in [-0.2, 0) is 0 Å². The van der Waals surface area contributed by atoms with Crippen LogP contribution < -0.4 is 10.5 Å². The minimum absolute atomic E-state index is 0.110. The standard InChI is InChI=1S/C23H22N4O/c1-12-5-6-14(3)17(9-12)19-18(11-24)22(25)28-23-20(19)21(26-27-23)16-8-7-13(2)15(4)10-16/h5-10,19H,25H2,1-4H3,(H,26,27). The molecule has 140 valence electrons. The number of nitriles is 1. The highest BCUT2D eigenvalue weighted by Gasteiger charge is 2.36. The summed E-state index contributed by atoms with van der Waals surface area (Å²) in [4.78, 5) is 0. The van der Waals surface area contributed by atoms with Crippen molar-refractivity contribution < 1.29 is 4.74 Å². The molecule has 2 heterocycles. The summed E-state index contributed by atoms with van der Waals surface area (Å²) in [6.45, 7) is 8.26. The van der Waals surface area contributed by atoms with Gasteiger partial charge in [-0.25, -0.2) is 0 Å². The molecule has 0 bridgehead atoms. The van der Waals surface area contributed by atoms with Crippen LogP contribution in [0.25, 0.3) is 11.3 Å². The summed E-state index contributed by atoms with van der Waals surface area (Å²) in [6.07, 6.45) is 0. The number of ether oxygens (including phenoxy) is 1. The van der Waals surface area contributed by atoms with E-state index in [9.17, 15) is 5.26 Å². The summed E-state index contributed by atoms with van der Waals surface area (Å²) in [6, 6.07) is 14.8. The van der Waals surface area contributed by atoms with Crippen LogP contribution in [0, 0.1) is 39.0 Å². The molecule has 28 heavy (non-hydrogen) atoms. The zero-order valence-corrected chi connectivity index (χ0v) is 16.4. The van der Waals surface area contributed by atoms with Crippen molar-refractivity contribution in [2.75, 3.05) is 0 Å². The van der Waals surface area contributed by atoms with E-state index in [2.05, 4.69) is 66.5 Å². The van der Waals surface area contributed by atoms with Gasteiger partial charge < -0.3 is 10.5 Å². The van der Waals surface area contributed by atoms with Gasteiger partial charge in [0.1, 0.15) is 11.6 Å². The Labute approximate surface area is 164 Å². The Kier molecular flexibility index (Phi) is 4.20. The van der Waals surface area contributed by atoms with Gasteiger partial charge in [0.2, 0.25) is 11.8 Å². The van der Waals surface area contributed by atoms with Gasteiger partial charge in [0.05, 0.1) is 17.2 Å². The highest BCUT2D eigenvalue weighted by atomic mass is 16.5. The Morgan fingerprint density at radius 1 is 1.04 bits per heavy atom. The van der Waals surface area contributed by atoms with Gasteiger partial charge in [-0.15, -0.1) is 5.10 Å². The molecule has 3 N–H and O–H groups in total. The first-order valence-corrected chi connectivity index (χ1v) is 9.21. The monoisotopic (exact) mass is 370 g/mol. The molecular weight excluding hydrogens is 348 g/mol. The topological polar surface area (TPSA) is 87.7 Å². The second kappa shape index (κ2) is 6.58. The minimum Gasteiger partial charge on any atom is -0.420 e. The number of nitrogens with two attached hydrogens (primary N) is 1. The van der Waals surface area contributed by atoms with Crippen molar-refractivity contribution in [3.05, 3.63) is 81.2 Å². The maximum Gasteiger partial charge on any atom is 0.244 e. The number of aromatic amines is 1. The molecule has 1 unspecified atom stereocenters. The number of nitrogens with zero attached hydrogens (tertiary/aromatic N) is 2. The highest BCUT2D eigenvalue weighted by Crippen LogP contribution is 2.46. The quantitative estimate of drug-likeness (QED) is 0.694. The third-order valence-electron chi connectivity index (χ3n) is 5.48. The first-order chi connectivity index (χ1) is 13.4. The summed E-state index contributed by atoms with van der Waals surface area (Å²) in [5.74, 6) is 0.207. The van der Waals surface area contributed by atoms with Crippen molar-refractivity contribution in [1.82, 2.24) is 10.2 Å². The largest absolute Gasteiger partial charge is 0.420 e. The number of nitrogens with one attached hydrogen (secondary N) is 1. The molecule has 5 nitrogen and oxygen atoms in total. The van der Waals surface area contributed by atoms with Crippen LogP contribution in [0.4, 0.5) is 0 Å². The molecule has 2 aromatic carbocycles. The van der Waals surface area contributed by atoms with E-state index in [4.69, 9.17) is 10.5 Å². The van der Waals surface area contributed by atoms with E-state index in [0.717, 1.165) is 33.5 Å². The van der Waals surface area contributed by atoms with Crippen molar-refractivity contribution in [2.45, 2.75) is 33.6 Å². The fourth-order valence-corrected chi connectivity index (χ4v) is 3.74. The summed E-state index contributed by atoms with van der Waals surface area (Å²) >= 11 is 0. The van der Waals surface area contributed by atoms with Crippen LogP contribution in [0.3, 0.4) is 0 Å². The molecule has 0 amide bonds. The molecule has 1 aliphatic rings. The SMILES string of the molecule is Cc1ccc(C)c(C2C(C#N)=C(N)Oc3n[nH]c(-c4ccc(C)c(C)c4)c32)c1. The first kappa shape index (κ1) is 17.9. The number of hydrogen-bond acceptors (Lipinski definition) is 4. The molecular formula is C23H22N4O. The van der Waals surface area contributed by atoms with Gasteiger partial charge in [0, 0.05) is 5.56 Å². The molecule has 1 aromatic heterocycles. The number of rotatable bonds is 2. The molecule has 3 aromatic rings. The van der Waals surface area contributed by atoms with E-state index in [1.807, 2.05) is 13.8 Å². The zero-order valence-electron chi connectivity index (χ0n) is 16.4. The Hall–Kier alpha value is -3.52. The van der Waals surface area contributed by atoms with E-state index in [1.54, 1.807) is 0 Å². The van der Waals surface area contributed by atoms with Crippen LogP contribution in [0.1, 0.15) is 39.3 Å². The van der Waals surface area contributed by atoms with E-state index in [-0.39, 0.29) is 11.8 Å². The smallest absolute Gasteiger partial charge is 0.244 e. The van der Waals surface area contributed by atoms with Crippen LogP contribution in [-0.4, -0.2) is 10.2 Å². The van der Waals surface area contributed by atoms with Crippen molar-refractivity contribution in [1.29, 1.82) is 5.26 Å². The van der Waals surface area contributed by atoms with Gasteiger partial charge >= 0.3 is 0 Å². The first-order valence-electron chi connectivity index (χ1n) is 9.21. The maximum atomic E-state index is 9.86. The van der Waals surface area contributed by atoms with Gasteiger partial charge in [-0.2, -0.15) is 5.26 Å². The van der Waals surface area contributed by atoms with Crippen molar-refractivity contribution in [3.8, 4) is 23.2 Å². The van der Waals surface area contributed by atoms with E-state index in [0.29, 0.717) is 11.5 Å². The molecule has 0 saturated heterocycles. The number of H-pyrrole nitrogens is 1. The molecule has 0 radical (unpaired) electrons. The predicted molar refractivity (Wildman–Crippen MR) is 109 cm³/mol. The van der Waals surface area contributed by atoms with Crippen LogP contribution in [0.2, 0.25) is 0 Å². The lowest BCUT2D eigenvalue weighted by Crippen LogP contribution is -2.21. The van der Waals surface area contributed by atoms with E-state index in [1.165, 1.54) is 11.1 Å². The minimum atomic E-state index is -0.330. The van der Waals surface area contributed by atoms with Gasteiger partial charge in [-0.05, 0) is 56.0 Å². The lowest BCUT2D eigenvalue weighted by molar-refractivity contribution is 0.379. The molecule has 0 aliphatic carbocycles. The highest BCUT2D eigenvalue weighted by molar-refractivity contribution is 5.72. The lowest BCUT2D eigenvalue weighted by atomic mass is 9.80. The van der Waals surface area contributed by atoms with E-state index < -0.39 is 0 Å². The second-order valence-electron chi connectivity index (χ2n) is 7.40. The number of aryl methyl sites for hydroxylation is 4. The fraction of sp³-hybridized carbons (Fsp3) is 0.217. The molecule has 1 aliphatic heterocycles. The molecule has 0 spiro atoms. The molecule has 4 rings (SSSR count). The third-order valence-corrected chi connectivity index (χ3v) is 5.48. The Balaban J connectivity index is 1.99. The van der Waals surface area contributed by atoms with Gasteiger partial charge in [0.25, 0.3) is 0 Å². The van der Waals surface area contributed by atoms with Crippen LogP contribution in [0.15, 0.2) is 47.9 Å². The van der Waals surface area contributed by atoms with Gasteiger partial charge in [-0.3, -0.25) is 5.10 Å². The van der Waals surface area contributed by atoms with Gasteiger partial charge in [0.15, 0.2) is 0 Å². The normalized spacial score (nSPS) is 15.8. The van der Waals surface area contributed by atoms with Crippen LogP contribution in [0.5, 0.6) is 5.88 Å². The average Bonchev–Trinajstić information content (AvgIpc) is 3.08. The van der Waals surface area contributed by atoms with Crippen molar-refractivity contribution >= 4 is 0 Å². The van der Waals surface area contributed by atoms with Gasteiger partial charge in [-0.1, -0.05) is 35.9 Å². The summed E-state index contributed by atoms with van der Waals surface area (Å²) in [5.41, 5.74) is 14.9. The zero-order chi connectivity index (χ0) is 20.0. The van der Waals surface area contributed by atoms with E-state index >= 15 is 0 Å². The number of allylic oxidation sites excluding steroid dienone is 1.